The van der Waals surface area contributed by atoms with Crippen LogP contribution in [0.2, 0.25) is 0 Å². The first kappa shape index (κ1) is 25.5. The zero-order valence-corrected chi connectivity index (χ0v) is 21.2. The highest BCUT2D eigenvalue weighted by atomic mass is 32.1. The largest absolute Gasteiger partial charge is 0.416 e. The van der Waals surface area contributed by atoms with E-state index in [0.29, 0.717) is 24.9 Å². The van der Waals surface area contributed by atoms with Crippen molar-refractivity contribution in [2.24, 2.45) is 11.8 Å². The summed E-state index contributed by atoms with van der Waals surface area (Å²) >= 11 is 1.71. The monoisotopic (exact) mass is 526 g/mol. The molecule has 2 unspecified atom stereocenters. The van der Waals surface area contributed by atoms with Crippen LogP contribution in [0.15, 0.2) is 66.0 Å². The molecule has 0 bridgehead atoms. The number of halogens is 3. The maximum absolute atomic E-state index is 14.0. The molecule has 0 saturated heterocycles. The lowest BCUT2D eigenvalue weighted by atomic mass is 9.77. The van der Waals surface area contributed by atoms with Gasteiger partial charge in [-0.2, -0.15) is 13.2 Å². The van der Waals surface area contributed by atoms with Crippen molar-refractivity contribution in [1.82, 2.24) is 10.2 Å². The second-order valence-corrected chi connectivity index (χ2v) is 10.8. The van der Waals surface area contributed by atoms with Gasteiger partial charge in [-0.15, -0.1) is 11.3 Å². The second-order valence-electron chi connectivity index (χ2n) is 9.81. The molecule has 3 atom stereocenters. The molecule has 0 radical (unpaired) electrons. The molecule has 1 N–H and O–H groups in total. The predicted octanol–water partition coefficient (Wildman–Crippen LogP) is 6.36. The average Bonchev–Trinajstić information content (AvgIpc) is 3.40. The Hall–Kier alpha value is -3.13. The number of carbonyl (C=O) groups is 2. The van der Waals surface area contributed by atoms with E-state index in [9.17, 15) is 22.8 Å². The molecule has 194 valence electrons. The van der Waals surface area contributed by atoms with Crippen LogP contribution >= 0.6 is 11.3 Å². The van der Waals surface area contributed by atoms with Crippen molar-refractivity contribution in [2.45, 2.75) is 50.9 Å². The van der Waals surface area contributed by atoms with Crippen LogP contribution in [-0.4, -0.2) is 23.3 Å². The Balaban J connectivity index is 1.34. The Kier molecular flexibility index (Phi) is 7.38. The fraction of sp³-hybridized carbons (Fsp3) is 0.379. The summed E-state index contributed by atoms with van der Waals surface area (Å²) in [6, 6.07) is 16.9. The number of alkyl halides is 3. The molecule has 2 aliphatic rings. The Bertz CT molecular complexity index is 1260. The third-order valence-corrected chi connectivity index (χ3v) is 8.50. The van der Waals surface area contributed by atoms with E-state index in [0.717, 1.165) is 42.5 Å². The van der Waals surface area contributed by atoms with Crippen LogP contribution in [-0.2, 0) is 28.7 Å². The molecule has 3 aromatic rings. The number of fused-ring (bicyclic) bond motifs is 1. The Morgan fingerprint density at radius 1 is 0.973 bits per heavy atom. The van der Waals surface area contributed by atoms with Gasteiger partial charge in [-0.05, 0) is 59.5 Å². The number of nitrogens with zero attached hydrogens (tertiary/aromatic N) is 1. The predicted molar refractivity (Wildman–Crippen MR) is 137 cm³/mol. The van der Waals surface area contributed by atoms with E-state index in [2.05, 4.69) is 16.8 Å². The number of rotatable bonds is 5. The minimum Gasteiger partial charge on any atom is -0.352 e. The lowest BCUT2D eigenvalue weighted by molar-refractivity contribution is -0.145. The summed E-state index contributed by atoms with van der Waals surface area (Å²) in [7, 11) is 0. The first-order chi connectivity index (χ1) is 17.8. The van der Waals surface area contributed by atoms with Crippen LogP contribution < -0.4 is 5.32 Å². The van der Waals surface area contributed by atoms with Gasteiger partial charge in [0.25, 0.3) is 0 Å². The molecule has 2 heterocycles. The van der Waals surface area contributed by atoms with E-state index in [-0.39, 0.29) is 24.4 Å². The SMILES string of the molecule is O=C(NCc1cccc(C(F)(F)F)c1)[C@H]1CCCCC1C(=O)N1CCc2sccc2C1c1ccccc1. The van der Waals surface area contributed by atoms with Crippen molar-refractivity contribution >= 4 is 23.2 Å². The minimum absolute atomic E-state index is 0.00518. The highest BCUT2D eigenvalue weighted by molar-refractivity contribution is 7.10. The quantitative estimate of drug-likeness (QED) is 0.420. The van der Waals surface area contributed by atoms with Crippen LogP contribution in [0.3, 0.4) is 0 Å². The van der Waals surface area contributed by atoms with E-state index in [1.165, 1.54) is 10.9 Å². The molecule has 1 aromatic heterocycles. The van der Waals surface area contributed by atoms with Gasteiger partial charge in [0.1, 0.15) is 0 Å². The van der Waals surface area contributed by atoms with Gasteiger partial charge in [-0.3, -0.25) is 9.59 Å². The molecule has 1 aliphatic carbocycles. The molecule has 37 heavy (non-hydrogen) atoms. The van der Waals surface area contributed by atoms with E-state index >= 15 is 0 Å². The average molecular weight is 527 g/mol. The minimum atomic E-state index is -4.44. The van der Waals surface area contributed by atoms with Crippen molar-refractivity contribution < 1.29 is 22.8 Å². The van der Waals surface area contributed by atoms with Crippen LogP contribution in [0.4, 0.5) is 13.2 Å². The number of nitrogens with one attached hydrogen (secondary N) is 1. The molecular weight excluding hydrogens is 497 g/mol. The van der Waals surface area contributed by atoms with Crippen LogP contribution in [0.5, 0.6) is 0 Å². The van der Waals surface area contributed by atoms with Crippen LogP contribution in [0.25, 0.3) is 0 Å². The molecule has 8 heteroatoms. The molecule has 2 amide bonds. The van der Waals surface area contributed by atoms with Gasteiger partial charge >= 0.3 is 6.18 Å². The van der Waals surface area contributed by atoms with Crippen molar-refractivity contribution in [3.8, 4) is 0 Å². The van der Waals surface area contributed by atoms with E-state index in [1.54, 1.807) is 17.4 Å². The molecule has 0 spiro atoms. The number of carbonyl (C=O) groups excluding carboxylic acids is 2. The maximum Gasteiger partial charge on any atom is 0.416 e. The summed E-state index contributed by atoms with van der Waals surface area (Å²) in [4.78, 5) is 30.5. The molecule has 4 nitrogen and oxygen atoms in total. The van der Waals surface area contributed by atoms with Gasteiger partial charge in [0.15, 0.2) is 0 Å². The zero-order chi connectivity index (χ0) is 26.0. The Morgan fingerprint density at radius 2 is 1.73 bits per heavy atom. The van der Waals surface area contributed by atoms with Gasteiger partial charge in [-0.1, -0.05) is 55.3 Å². The summed E-state index contributed by atoms with van der Waals surface area (Å²) in [6.45, 7) is 0.593. The zero-order valence-electron chi connectivity index (χ0n) is 20.3. The van der Waals surface area contributed by atoms with E-state index < -0.39 is 23.6 Å². The Morgan fingerprint density at radius 3 is 2.49 bits per heavy atom. The lowest BCUT2D eigenvalue weighted by Gasteiger charge is -2.40. The van der Waals surface area contributed by atoms with Gasteiger partial charge in [0.2, 0.25) is 11.8 Å². The highest BCUT2D eigenvalue weighted by Crippen LogP contribution is 2.41. The van der Waals surface area contributed by atoms with Gasteiger partial charge in [-0.25, -0.2) is 0 Å². The number of amides is 2. The summed E-state index contributed by atoms with van der Waals surface area (Å²) in [6.07, 6.45) is -0.689. The summed E-state index contributed by atoms with van der Waals surface area (Å²) < 4.78 is 39.2. The summed E-state index contributed by atoms with van der Waals surface area (Å²) in [5, 5.41) is 4.88. The third kappa shape index (κ3) is 5.44. The molecule has 1 saturated carbocycles. The molecule has 5 rings (SSSR count). The van der Waals surface area contributed by atoms with Crippen LogP contribution in [0, 0.1) is 11.8 Å². The van der Waals surface area contributed by atoms with Gasteiger partial charge < -0.3 is 10.2 Å². The second kappa shape index (κ2) is 10.7. The van der Waals surface area contributed by atoms with Crippen molar-refractivity contribution in [3.05, 3.63) is 93.2 Å². The smallest absolute Gasteiger partial charge is 0.352 e. The number of hydrogen-bond acceptors (Lipinski definition) is 3. The number of thiophene rings is 1. The highest BCUT2D eigenvalue weighted by Gasteiger charge is 2.41. The fourth-order valence-corrected chi connectivity index (χ4v) is 6.58. The molecule has 1 aliphatic heterocycles. The number of benzene rings is 2. The van der Waals surface area contributed by atoms with Gasteiger partial charge in [0, 0.05) is 29.8 Å². The first-order valence-corrected chi connectivity index (χ1v) is 13.6. The normalized spacial score (nSPS) is 21.8. The van der Waals surface area contributed by atoms with Gasteiger partial charge in [0.05, 0.1) is 11.6 Å². The first-order valence-electron chi connectivity index (χ1n) is 12.7. The molecular formula is C29H29F3N2O2S. The number of hydrogen-bond donors (Lipinski definition) is 1. The summed E-state index contributed by atoms with van der Waals surface area (Å²) in [5.41, 5.74) is 1.84. The third-order valence-electron chi connectivity index (χ3n) is 7.51. The topological polar surface area (TPSA) is 49.4 Å². The Labute approximate surface area is 218 Å². The molecule has 1 fully saturated rings. The van der Waals surface area contributed by atoms with E-state index in [1.807, 2.05) is 35.2 Å². The molecule has 2 aromatic carbocycles. The maximum atomic E-state index is 14.0. The summed E-state index contributed by atoms with van der Waals surface area (Å²) in [5.74, 6) is -1.21. The van der Waals surface area contributed by atoms with Crippen LogP contribution in [0.1, 0.15) is 58.9 Å². The standard InChI is InChI=1S/C29H29F3N2O2S/c30-29(31,32)21-10-6-7-19(17-21)18-33-27(35)22-11-4-5-12-23(22)28(36)34-15-13-25-24(14-16-37-25)26(34)20-8-2-1-3-9-20/h1-3,6-10,14,16-17,22-23,26H,4-5,11-13,15,18H2,(H,33,35)/t22-,23?,26?/m0/s1. The van der Waals surface area contributed by atoms with E-state index in [4.69, 9.17) is 0 Å². The van der Waals surface area contributed by atoms with Crippen molar-refractivity contribution in [3.63, 3.8) is 0 Å². The fourth-order valence-electron chi connectivity index (χ4n) is 5.68. The van der Waals surface area contributed by atoms with Crippen molar-refractivity contribution in [1.29, 1.82) is 0 Å². The van der Waals surface area contributed by atoms with Crippen molar-refractivity contribution in [2.75, 3.05) is 6.54 Å². The lowest BCUT2D eigenvalue weighted by Crippen LogP contribution is -2.48.